The SMILES string of the molecule is COc1ccc(COc2cc(Cl)ccc2C)c(F)c1. The Morgan fingerprint density at radius 3 is 2.63 bits per heavy atom. The number of halogens is 2. The second-order valence-corrected chi connectivity index (χ2v) is 4.59. The summed E-state index contributed by atoms with van der Waals surface area (Å²) in [4.78, 5) is 0. The molecule has 2 rings (SSSR count). The molecule has 2 nitrogen and oxygen atoms in total. The zero-order chi connectivity index (χ0) is 13.8. The Morgan fingerprint density at radius 2 is 1.95 bits per heavy atom. The van der Waals surface area contributed by atoms with Gasteiger partial charge in [0.1, 0.15) is 23.9 Å². The van der Waals surface area contributed by atoms with Crippen LogP contribution in [0.2, 0.25) is 5.02 Å². The molecule has 0 radical (unpaired) electrons. The first kappa shape index (κ1) is 13.7. The Labute approximate surface area is 116 Å². The van der Waals surface area contributed by atoms with Gasteiger partial charge in [-0.25, -0.2) is 4.39 Å². The molecular formula is C15H14ClFO2. The van der Waals surface area contributed by atoms with Gasteiger partial charge >= 0.3 is 0 Å². The summed E-state index contributed by atoms with van der Waals surface area (Å²) in [5, 5.41) is 0.593. The standard InChI is InChI=1S/C15H14ClFO2/c1-10-3-5-12(16)7-15(10)19-9-11-4-6-13(18-2)8-14(11)17/h3-8H,9H2,1-2H3. The molecule has 4 heteroatoms. The number of rotatable bonds is 4. The zero-order valence-corrected chi connectivity index (χ0v) is 11.5. The monoisotopic (exact) mass is 280 g/mol. The summed E-state index contributed by atoms with van der Waals surface area (Å²) < 4.78 is 24.3. The zero-order valence-electron chi connectivity index (χ0n) is 10.7. The Hall–Kier alpha value is -1.74. The fourth-order valence-electron chi connectivity index (χ4n) is 1.66. The molecule has 100 valence electrons. The lowest BCUT2D eigenvalue weighted by molar-refractivity contribution is 0.297. The lowest BCUT2D eigenvalue weighted by atomic mass is 10.2. The van der Waals surface area contributed by atoms with Crippen LogP contribution in [-0.2, 0) is 6.61 Å². The molecule has 0 heterocycles. The predicted octanol–water partition coefficient (Wildman–Crippen LogP) is 4.38. The molecular weight excluding hydrogens is 267 g/mol. The molecule has 0 aliphatic rings. The van der Waals surface area contributed by atoms with Crippen molar-refractivity contribution in [1.82, 2.24) is 0 Å². The summed E-state index contributed by atoms with van der Waals surface area (Å²) in [6, 6.07) is 10.1. The van der Waals surface area contributed by atoms with Gasteiger partial charge in [-0.15, -0.1) is 0 Å². The van der Waals surface area contributed by atoms with Crippen LogP contribution in [0.25, 0.3) is 0 Å². The molecule has 0 atom stereocenters. The van der Waals surface area contributed by atoms with Gasteiger partial charge in [-0.05, 0) is 36.8 Å². The second kappa shape index (κ2) is 5.93. The molecule has 0 aromatic heterocycles. The van der Waals surface area contributed by atoms with Crippen LogP contribution >= 0.6 is 11.6 Å². The Morgan fingerprint density at radius 1 is 1.16 bits per heavy atom. The van der Waals surface area contributed by atoms with E-state index in [1.807, 2.05) is 13.0 Å². The first-order chi connectivity index (χ1) is 9.10. The van der Waals surface area contributed by atoms with E-state index in [-0.39, 0.29) is 12.4 Å². The van der Waals surface area contributed by atoms with Crippen LogP contribution in [0, 0.1) is 12.7 Å². The number of aryl methyl sites for hydroxylation is 1. The third-order valence-electron chi connectivity index (χ3n) is 2.79. The molecule has 2 aromatic rings. The van der Waals surface area contributed by atoms with E-state index in [2.05, 4.69) is 0 Å². The maximum absolute atomic E-state index is 13.7. The quantitative estimate of drug-likeness (QED) is 0.828. The molecule has 0 aliphatic heterocycles. The maximum atomic E-state index is 13.7. The van der Waals surface area contributed by atoms with Crippen molar-refractivity contribution in [3.05, 3.63) is 58.4 Å². The van der Waals surface area contributed by atoms with Crippen LogP contribution in [0.1, 0.15) is 11.1 Å². The van der Waals surface area contributed by atoms with Crippen molar-refractivity contribution in [3.8, 4) is 11.5 Å². The minimum Gasteiger partial charge on any atom is -0.497 e. The number of methoxy groups -OCH3 is 1. The second-order valence-electron chi connectivity index (χ2n) is 4.16. The smallest absolute Gasteiger partial charge is 0.133 e. The average Bonchev–Trinajstić information content (AvgIpc) is 2.40. The molecule has 0 fully saturated rings. The molecule has 0 saturated carbocycles. The highest BCUT2D eigenvalue weighted by Gasteiger charge is 2.06. The van der Waals surface area contributed by atoms with Gasteiger partial charge in [0.05, 0.1) is 7.11 Å². The fourth-order valence-corrected chi connectivity index (χ4v) is 1.82. The van der Waals surface area contributed by atoms with E-state index in [9.17, 15) is 4.39 Å². The third-order valence-corrected chi connectivity index (χ3v) is 3.03. The van der Waals surface area contributed by atoms with Crippen LogP contribution in [0.5, 0.6) is 11.5 Å². The average molecular weight is 281 g/mol. The Balaban J connectivity index is 2.12. The van der Waals surface area contributed by atoms with Crippen molar-refractivity contribution in [1.29, 1.82) is 0 Å². The van der Waals surface area contributed by atoms with E-state index in [4.69, 9.17) is 21.1 Å². The maximum Gasteiger partial charge on any atom is 0.133 e. The molecule has 0 N–H and O–H groups in total. The van der Waals surface area contributed by atoms with Gasteiger partial charge in [-0.1, -0.05) is 17.7 Å². The minimum atomic E-state index is -0.348. The van der Waals surface area contributed by atoms with Crippen molar-refractivity contribution in [2.24, 2.45) is 0 Å². The van der Waals surface area contributed by atoms with Crippen molar-refractivity contribution in [3.63, 3.8) is 0 Å². The van der Waals surface area contributed by atoms with E-state index in [0.29, 0.717) is 22.1 Å². The summed E-state index contributed by atoms with van der Waals surface area (Å²) in [6.45, 7) is 2.06. The van der Waals surface area contributed by atoms with Crippen LogP contribution in [0.3, 0.4) is 0 Å². The van der Waals surface area contributed by atoms with Gasteiger partial charge in [0, 0.05) is 16.7 Å². The van der Waals surface area contributed by atoms with E-state index in [1.54, 1.807) is 24.3 Å². The first-order valence-electron chi connectivity index (χ1n) is 5.81. The molecule has 19 heavy (non-hydrogen) atoms. The lowest BCUT2D eigenvalue weighted by Crippen LogP contribution is -2.00. The van der Waals surface area contributed by atoms with E-state index in [0.717, 1.165) is 5.56 Å². The van der Waals surface area contributed by atoms with Crippen molar-refractivity contribution >= 4 is 11.6 Å². The number of hydrogen-bond donors (Lipinski definition) is 0. The molecule has 0 amide bonds. The highest BCUT2D eigenvalue weighted by atomic mass is 35.5. The van der Waals surface area contributed by atoms with E-state index < -0.39 is 0 Å². The highest BCUT2D eigenvalue weighted by Crippen LogP contribution is 2.24. The van der Waals surface area contributed by atoms with Crippen LogP contribution < -0.4 is 9.47 Å². The summed E-state index contributed by atoms with van der Waals surface area (Å²) in [5.41, 5.74) is 1.43. The van der Waals surface area contributed by atoms with Gasteiger partial charge < -0.3 is 9.47 Å². The summed E-state index contributed by atoms with van der Waals surface area (Å²) in [6.07, 6.45) is 0. The minimum absolute atomic E-state index is 0.150. The van der Waals surface area contributed by atoms with Gasteiger partial charge in [-0.3, -0.25) is 0 Å². The lowest BCUT2D eigenvalue weighted by Gasteiger charge is -2.10. The van der Waals surface area contributed by atoms with Crippen LogP contribution in [-0.4, -0.2) is 7.11 Å². The third kappa shape index (κ3) is 3.38. The van der Waals surface area contributed by atoms with Crippen LogP contribution in [0.4, 0.5) is 4.39 Å². The first-order valence-corrected chi connectivity index (χ1v) is 6.19. The van der Waals surface area contributed by atoms with Crippen molar-refractivity contribution in [2.75, 3.05) is 7.11 Å². The normalized spacial score (nSPS) is 10.3. The Kier molecular flexibility index (Phi) is 4.27. The molecule has 0 bridgehead atoms. The predicted molar refractivity (Wildman–Crippen MR) is 73.5 cm³/mol. The number of benzene rings is 2. The van der Waals surface area contributed by atoms with Crippen molar-refractivity contribution in [2.45, 2.75) is 13.5 Å². The fraction of sp³-hybridized carbons (Fsp3) is 0.200. The molecule has 0 spiro atoms. The molecule has 0 unspecified atom stereocenters. The summed E-state index contributed by atoms with van der Waals surface area (Å²) in [7, 11) is 1.50. The molecule has 0 aliphatic carbocycles. The number of hydrogen-bond acceptors (Lipinski definition) is 2. The van der Waals surface area contributed by atoms with Gasteiger partial charge in [0.25, 0.3) is 0 Å². The Bertz CT molecular complexity index is 584. The van der Waals surface area contributed by atoms with Gasteiger partial charge in [-0.2, -0.15) is 0 Å². The topological polar surface area (TPSA) is 18.5 Å². The highest BCUT2D eigenvalue weighted by molar-refractivity contribution is 6.30. The van der Waals surface area contributed by atoms with Gasteiger partial charge in [0.15, 0.2) is 0 Å². The van der Waals surface area contributed by atoms with Gasteiger partial charge in [0.2, 0.25) is 0 Å². The van der Waals surface area contributed by atoms with Crippen molar-refractivity contribution < 1.29 is 13.9 Å². The molecule has 0 saturated heterocycles. The summed E-state index contributed by atoms with van der Waals surface area (Å²) >= 11 is 5.90. The number of ether oxygens (including phenoxy) is 2. The summed E-state index contributed by atoms with van der Waals surface area (Å²) in [5.74, 6) is 0.793. The van der Waals surface area contributed by atoms with E-state index in [1.165, 1.54) is 13.2 Å². The molecule has 2 aromatic carbocycles. The largest absolute Gasteiger partial charge is 0.497 e. The van der Waals surface area contributed by atoms with Crippen LogP contribution in [0.15, 0.2) is 36.4 Å². The van der Waals surface area contributed by atoms with E-state index >= 15 is 0 Å².